The van der Waals surface area contributed by atoms with E-state index in [1.807, 2.05) is 24.3 Å². The molecule has 0 spiro atoms. The number of benzene rings is 2. The highest BCUT2D eigenvalue weighted by Crippen LogP contribution is 2.39. The van der Waals surface area contributed by atoms with Crippen molar-refractivity contribution in [2.75, 3.05) is 0 Å². The van der Waals surface area contributed by atoms with Crippen molar-refractivity contribution in [3.8, 4) is 0 Å². The van der Waals surface area contributed by atoms with Crippen molar-refractivity contribution in [1.29, 1.82) is 0 Å². The number of hydrogen-bond donors (Lipinski definition) is 0. The second-order valence-electron chi connectivity index (χ2n) is 8.05. The quantitative estimate of drug-likeness (QED) is 0.401. The summed E-state index contributed by atoms with van der Waals surface area (Å²) in [4.78, 5) is 28.5. The lowest BCUT2D eigenvalue weighted by molar-refractivity contribution is 0.0701. The minimum atomic E-state index is -0.576. The number of carbonyl (C=O) groups excluding carboxylic acids is 1. The molecular weight excluding hydrogens is 414 g/mol. The zero-order chi connectivity index (χ0) is 21.7. The lowest BCUT2D eigenvalue weighted by atomic mass is 9.95. The number of carbonyl (C=O) groups is 1. The normalized spacial score (nSPS) is 15.8. The molecule has 156 valence electrons. The Morgan fingerprint density at radius 3 is 2.52 bits per heavy atom. The number of hydrogen-bond acceptors (Lipinski definition) is 4. The van der Waals surface area contributed by atoms with Crippen LogP contribution in [0, 0.1) is 0 Å². The standard InChI is InChI=1S/C25H20ClNO4/c1-14(2)15-5-7-16(8-6-15)22-21-23(28)19-12-17(26)9-10-20(19)31-24(21)25(29)27(22)13-18-4-3-11-30-18/h3-12,14,22H,13H2,1-2H3/t22-/m1/s1. The monoisotopic (exact) mass is 433 g/mol. The van der Waals surface area contributed by atoms with E-state index in [4.69, 9.17) is 20.4 Å². The van der Waals surface area contributed by atoms with Crippen molar-refractivity contribution >= 4 is 28.5 Å². The van der Waals surface area contributed by atoms with Crippen molar-refractivity contribution in [1.82, 2.24) is 4.90 Å². The first-order valence-electron chi connectivity index (χ1n) is 10.1. The first-order valence-corrected chi connectivity index (χ1v) is 10.5. The molecular formula is C25H20ClNO4. The molecule has 4 aromatic rings. The van der Waals surface area contributed by atoms with E-state index in [0.717, 1.165) is 5.56 Å². The molecule has 0 radical (unpaired) electrons. The lowest BCUT2D eigenvalue weighted by Crippen LogP contribution is -2.29. The molecule has 3 heterocycles. The molecule has 0 saturated heterocycles. The number of halogens is 1. The average Bonchev–Trinajstić information content (AvgIpc) is 3.36. The number of fused-ring (bicyclic) bond motifs is 2. The van der Waals surface area contributed by atoms with Crippen LogP contribution in [0.1, 0.15) is 58.8 Å². The predicted octanol–water partition coefficient (Wildman–Crippen LogP) is 5.91. The summed E-state index contributed by atoms with van der Waals surface area (Å²) >= 11 is 6.12. The third-order valence-corrected chi connectivity index (χ3v) is 5.99. The molecule has 2 aromatic carbocycles. The van der Waals surface area contributed by atoms with Crippen molar-refractivity contribution in [3.05, 3.63) is 104 Å². The summed E-state index contributed by atoms with van der Waals surface area (Å²) in [6, 6.07) is 15.9. The van der Waals surface area contributed by atoms with Gasteiger partial charge in [0.2, 0.25) is 5.76 Å². The van der Waals surface area contributed by atoms with Crippen molar-refractivity contribution in [2.45, 2.75) is 32.4 Å². The molecule has 0 N–H and O–H groups in total. The Kier molecular flexibility index (Phi) is 4.71. The van der Waals surface area contributed by atoms with E-state index in [2.05, 4.69) is 13.8 Å². The molecule has 0 unspecified atom stereocenters. The van der Waals surface area contributed by atoms with Crippen molar-refractivity contribution < 1.29 is 13.6 Å². The molecule has 31 heavy (non-hydrogen) atoms. The smallest absolute Gasteiger partial charge is 0.291 e. The van der Waals surface area contributed by atoms with Gasteiger partial charge in [0.15, 0.2) is 5.43 Å². The largest absolute Gasteiger partial charge is 0.467 e. The first-order chi connectivity index (χ1) is 14.9. The number of furan rings is 1. The van der Waals surface area contributed by atoms with Gasteiger partial charge in [-0.05, 0) is 47.4 Å². The molecule has 0 bridgehead atoms. The van der Waals surface area contributed by atoms with E-state index >= 15 is 0 Å². The van der Waals surface area contributed by atoms with Crippen LogP contribution in [-0.2, 0) is 6.54 Å². The maximum atomic E-state index is 13.5. The van der Waals surface area contributed by atoms with Crippen LogP contribution in [0.4, 0.5) is 0 Å². The third-order valence-electron chi connectivity index (χ3n) is 5.75. The zero-order valence-corrected chi connectivity index (χ0v) is 17.8. The van der Waals surface area contributed by atoms with Crippen LogP contribution in [0.15, 0.2) is 74.5 Å². The summed E-state index contributed by atoms with van der Waals surface area (Å²) in [6.07, 6.45) is 1.56. The van der Waals surface area contributed by atoms with Gasteiger partial charge in [-0.3, -0.25) is 9.59 Å². The molecule has 1 amide bonds. The fourth-order valence-electron chi connectivity index (χ4n) is 4.14. The van der Waals surface area contributed by atoms with Gasteiger partial charge in [0.05, 0.1) is 29.8 Å². The minimum Gasteiger partial charge on any atom is -0.467 e. The number of nitrogens with zero attached hydrogens (tertiary/aromatic N) is 1. The number of amides is 1. The molecule has 5 rings (SSSR count). The van der Waals surface area contributed by atoms with Gasteiger partial charge in [0.1, 0.15) is 11.3 Å². The van der Waals surface area contributed by atoms with Crippen LogP contribution < -0.4 is 5.43 Å². The Morgan fingerprint density at radius 2 is 1.84 bits per heavy atom. The molecule has 6 heteroatoms. The van der Waals surface area contributed by atoms with Crippen LogP contribution >= 0.6 is 11.6 Å². The first kappa shape index (κ1) is 19.6. The molecule has 5 nitrogen and oxygen atoms in total. The Morgan fingerprint density at radius 1 is 1.06 bits per heavy atom. The average molecular weight is 434 g/mol. The molecule has 1 aliphatic rings. The highest BCUT2D eigenvalue weighted by molar-refractivity contribution is 6.31. The summed E-state index contributed by atoms with van der Waals surface area (Å²) in [6.45, 7) is 4.47. The molecule has 0 saturated carbocycles. The molecule has 0 fully saturated rings. The third kappa shape index (κ3) is 3.26. The Labute approximate surface area is 183 Å². The second-order valence-corrected chi connectivity index (χ2v) is 8.49. The van der Waals surface area contributed by atoms with Gasteiger partial charge in [0, 0.05) is 5.02 Å². The molecule has 2 aromatic heterocycles. The van der Waals surface area contributed by atoms with Crippen LogP contribution in [0.2, 0.25) is 5.02 Å². The van der Waals surface area contributed by atoms with Crippen LogP contribution in [-0.4, -0.2) is 10.8 Å². The summed E-state index contributed by atoms with van der Waals surface area (Å²) < 4.78 is 11.4. The van der Waals surface area contributed by atoms with E-state index in [-0.39, 0.29) is 23.6 Å². The molecule has 1 aliphatic heterocycles. The fraction of sp³-hybridized carbons (Fsp3) is 0.200. The molecule has 0 aliphatic carbocycles. The van der Waals surface area contributed by atoms with E-state index in [1.54, 1.807) is 41.5 Å². The Hall–Kier alpha value is -3.31. The van der Waals surface area contributed by atoms with Gasteiger partial charge in [0.25, 0.3) is 5.91 Å². The van der Waals surface area contributed by atoms with Crippen LogP contribution in [0.25, 0.3) is 11.0 Å². The van der Waals surface area contributed by atoms with E-state index in [9.17, 15) is 9.59 Å². The van der Waals surface area contributed by atoms with Gasteiger partial charge in [-0.2, -0.15) is 0 Å². The maximum Gasteiger partial charge on any atom is 0.291 e. The lowest BCUT2D eigenvalue weighted by Gasteiger charge is -2.24. The predicted molar refractivity (Wildman–Crippen MR) is 118 cm³/mol. The Bertz CT molecular complexity index is 1340. The highest BCUT2D eigenvalue weighted by Gasteiger charge is 2.43. The summed E-state index contributed by atoms with van der Waals surface area (Å²) in [5.41, 5.74) is 2.46. The van der Waals surface area contributed by atoms with Gasteiger partial charge in [-0.1, -0.05) is 49.7 Å². The van der Waals surface area contributed by atoms with Gasteiger partial charge in [-0.25, -0.2) is 0 Å². The van der Waals surface area contributed by atoms with E-state index in [1.165, 1.54) is 5.56 Å². The summed E-state index contributed by atoms with van der Waals surface area (Å²) in [5, 5.41) is 0.803. The Balaban J connectivity index is 1.72. The topological polar surface area (TPSA) is 63.7 Å². The summed E-state index contributed by atoms with van der Waals surface area (Å²) in [7, 11) is 0. The highest BCUT2D eigenvalue weighted by atomic mass is 35.5. The molecule has 1 atom stereocenters. The van der Waals surface area contributed by atoms with E-state index in [0.29, 0.717) is 33.2 Å². The number of rotatable bonds is 4. The van der Waals surface area contributed by atoms with Gasteiger partial charge >= 0.3 is 0 Å². The maximum absolute atomic E-state index is 13.5. The van der Waals surface area contributed by atoms with Crippen LogP contribution in [0.3, 0.4) is 0 Å². The van der Waals surface area contributed by atoms with Crippen LogP contribution in [0.5, 0.6) is 0 Å². The minimum absolute atomic E-state index is 0.0734. The SMILES string of the molecule is CC(C)c1ccc([C@@H]2c3c(oc4ccc(Cl)cc4c3=O)C(=O)N2Cc2ccco2)cc1. The van der Waals surface area contributed by atoms with Gasteiger partial charge < -0.3 is 13.7 Å². The van der Waals surface area contributed by atoms with Gasteiger partial charge in [-0.15, -0.1) is 0 Å². The van der Waals surface area contributed by atoms with Crippen molar-refractivity contribution in [3.63, 3.8) is 0 Å². The fourth-order valence-corrected chi connectivity index (χ4v) is 4.31. The van der Waals surface area contributed by atoms with Crippen molar-refractivity contribution in [2.24, 2.45) is 0 Å². The summed E-state index contributed by atoms with van der Waals surface area (Å²) in [5.74, 6) is 0.745. The second kappa shape index (κ2) is 7.43. The van der Waals surface area contributed by atoms with E-state index < -0.39 is 6.04 Å². The zero-order valence-electron chi connectivity index (χ0n) is 17.1.